The first-order valence-electron chi connectivity index (χ1n) is 9.28. The smallest absolute Gasteiger partial charge is 0.268 e. The van der Waals surface area contributed by atoms with E-state index in [1.165, 1.54) is 12.5 Å². The minimum atomic E-state index is -0.588. The maximum atomic E-state index is 11.0. The summed E-state index contributed by atoms with van der Waals surface area (Å²) >= 11 is 0. The van der Waals surface area contributed by atoms with Crippen LogP contribution in [0.25, 0.3) is 11.1 Å². The van der Waals surface area contributed by atoms with E-state index in [1.807, 2.05) is 36.4 Å². The van der Waals surface area contributed by atoms with Gasteiger partial charge in [0.25, 0.3) is 5.91 Å². The SMILES string of the molecule is N#Cc1ccc(-c2cccc(OCCCC(O)Cn3cnc(C(N)=O)c3)c2)cc1. The zero-order chi connectivity index (χ0) is 20.6. The van der Waals surface area contributed by atoms with Crippen LogP contribution in [0.1, 0.15) is 28.9 Å². The van der Waals surface area contributed by atoms with Gasteiger partial charge in [0.1, 0.15) is 11.4 Å². The topological polar surface area (TPSA) is 114 Å². The second kappa shape index (κ2) is 9.53. The molecule has 0 spiro atoms. The number of aliphatic hydroxyl groups excluding tert-OH is 1. The number of aromatic nitrogens is 2. The lowest BCUT2D eigenvalue weighted by atomic mass is 10.0. The minimum absolute atomic E-state index is 0.183. The van der Waals surface area contributed by atoms with Gasteiger partial charge < -0.3 is 20.1 Å². The highest BCUT2D eigenvalue weighted by Crippen LogP contribution is 2.24. The molecule has 0 saturated carbocycles. The Morgan fingerprint density at radius 3 is 2.72 bits per heavy atom. The molecule has 3 rings (SSSR count). The van der Waals surface area contributed by atoms with Gasteiger partial charge in [0.05, 0.1) is 30.7 Å². The van der Waals surface area contributed by atoms with Crippen molar-refractivity contribution in [1.82, 2.24) is 9.55 Å². The van der Waals surface area contributed by atoms with E-state index in [-0.39, 0.29) is 5.69 Å². The number of primary amides is 1. The normalized spacial score (nSPS) is 11.6. The number of amides is 1. The molecule has 3 aromatic rings. The van der Waals surface area contributed by atoms with E-state index < -0.39 is 12.0 Å². The number of hydrogen-bond donors (Lipinski definition) is 2. The highest BCUT2D eigenvalue weighted by Gasteiger charge is 2.09. The Bertz CT molecular complexity index is 1010. The molecule has 0 bridgehead atoms. The van der Waals surface area contributed by atoms with Crippen molar-refractivity contribution in [3.63, 3.8) is 0 Å². The molecule has 1 amide bonds. The molecule has 0 radical (unpaired) electrons. The van der Waals surface area contributed by atoms with Crippen molar-refractivity contribution in [3.8, 4) is 22.9 Å². The number of carbonyl (C=O) groups excluding carboxylic acids is 1. The summed E-state index contributed by atoms with van der Waals surface area (Å²) in [7, 11) is 0. The maximum Gasteiger partial charge on any atom is 0.268 e. The lowest BCUT2D eigenvalue weighted by Gasteiger charge is -2.12. The van der Waals surface area contributed by atoms with Crippen LogP contribution in [0.4, 0.5) is 0 Å². The van der Waals surface area contributed by atoms with Crippen molar-refractivity contribution in [3.05, 3.63) is 72.3 Å². The third-order valence-corrected chi connectivity index (χ3v) is 4.44. The largest absolute Gasteiger partial charge is 0.494 e. The van der Waals surface area contributed by atoms with Crippen LogP contribution in [0, 0.1) is 11.3 Å². The van der Waals surface area contributed by atoms with Gasteiger partial charge in [0.2, 0.25) is 0 Å². The molecule has 7 nitrogen and oxygen atoms in total. The van der Waals surface area contributed by atoms with E-state index in [4.69, 9.17) is 15.7 Å². The van der Waals surface area contributed by atoms with Crippen LogP contribution >= 0.6 is 0 Å². The molecule has 0 aliphatic heterocycles. The second-order valence-corrected chi connectivity index (χ2v) is 6.68. The number of carbonyl (C=O) groups is 1. The predicted octanol–water partition coefficient (Wildman–Crippen LogP) is 2.74. The lowest BCUT2D eigenvalue weighted by molar-refractivity contribution is 0.0995. The standard InChI is InChI=1S/C22H22N4O3/c23-12-16-6-8-17(9-7-16)18-3-1-5-20(11-18)29-10-2-4-19(27)13-26-14-21(22(24)28)25-15-26/h1,3,5-9,11,14-15,19,27H,2,4,10,13H2,(H2,24,28). The average Bonchev–Trinajstić information content (AvgIpc) is 3.20. The van der Waals surface area contributed by atoms with E-state index in [9.17, 15) is 9.90 Å². The molecule has 1 aromatic heterocycles. The first-order valence-corrected chi connectivity index (χ1v) is 9.28. The molecule has 0 aliphatic rings. The molecule has 0 aliphatic carbocycles. The van der Waals surface area contributed by atoms with E-state index in [1.54, 1.807) is 16.7 Å². The van der Waals surface area contributed by atoms with Gasteiger partial charge in [-0.2, -0.15) is 5.26 Å². The molecule has 1 atom stereocenters. The molecular formula is C22H22N4O3. The highest BCUT2D eigenvalue weighted by molar-refractivity contribution is 5.90. The third kappa shape index (κ3) is 5.67. The number of imidazole rings is 1. The number of benzene rings is 2. The molecule has 2 aromatic carbocycles. The Labute approximate surface area is 169 Å². The average molecular weight is 390 g/mol. The summed E-state index contributed by atoms with van der Waals surface area (Å²) in [5.74, 6) is 0.164. The summed E-state index contributed by atoms with van der Waals surface area (Å²) in [6, 6.07) is 17.3. The van der Waals surface area contributed by atoms with E-state index in [2.05, 4.69) is 11.1 Å². The van der Waals surface area contributed by atoms with Gasteiger partial charge in [0, 0.05) is 12.7 Å². The Morgan fingerprint density at radius 1 is 1.24 bits per heavy atom. The van der Waals surface area contributed by atoms with Crippen LogP contribution in [0.15, 0.2) is 61.1 Å². The number of aliphatic hydroxyl groups is 1. The fourth-order valence-electron chi connectivity index (χ4n) is 2.93. The first-order chi connectivity index (χ1) is 14.0. The molecule has 3 N–H and O–H groups in total. The number of nitrogens with zero attached hydrogens (tertiary/aromatic N) is 3. The Morgan fingerprint density at radius 2 is 2.03 bits per heavy atom. The second-order valence-electron chi connectivity index (χ2n) is 6.68. The Hall–Kier alpha value is -3.63. The summed E-state index contributed by atoms with van der Waals surface area (Å²) in [6.07, 6.45) is 3.67. The van der Waals surface area contributed by atoms with Gasteiger partial charge in [-0.3, -0.25) is 4.79 Å². The monoisotopic (exact) mass is 390 g/mol. The fraction of sp³-hybridized carbons (Fsp3) is 0.227. The van der Waals surface area contributed by atoms with Crippen molar-refractivity contribution < 1.29 is 14.6 Å². The predicted molar refractivity (Wildman–Crippen MR) is 108 cm³/mol. The Balaban J connectivity index is 1.46. The molecular weight excluding hydrogens is 368 g/mol. The van der Waals surface area contributed by atoms with Crippen molar-refractivity contribution in [1.29, 1.82) is 5.26 Å². The van der Waals surface area contributed by atoms with Gasteiger partial charge in [-0.1, -0.05) is 24.3 Å². The number of nitrogens with two attached hydrogens (primary N) is 1. The van der Waals surface area contributed by atoms with Crippen molar-refractivity contribution in [2.24, 2.45) is 5.73 Å². The highest BCUT2D eigenvalue weighted by atomic mass is 16.5. The van der Waals surface area contributed by atoms with Crippen LogP contribution < -0.4 is 10.5 Å². The zero-order valence-electron chi connectivity index (χ0n) is 15.9. The Kier molecular flexibility index (Phi) is 6.61. The summed E-state index contributed by atoms with van der Waals surface area (Å²) < 4.78 is 7.45. The summed E-state index contributed by atoms with van der Waals surface area (Å²) in [4.78, 5) is 14.9. The minimum Gasteiger partial charge on any atom is -0.494 e. The van der Waals surface area contributed by atoms with Gasteiger partial charge in [-0.25, -0.2) is 4.98 Å². The zero-order valence-corrected chi connectivity index (χ0v) is 15.9. The molecule has 148 valence electrons. The first kappa shape index (κ1) is 20.1. The number of nitriles is 1. The van der Waals surface area contributed by atoms with E-state index >= 15 is 0 Å². The van der Waals surface area contributed by atoms with Crippen molar-refractivity contribution in [2.45, 2.75) is 25.5 Å². The summed E-state index contributed by atoms with van der Waals surface area (Å²) in [5, 5.41) is 19.0. The summed E-state index contributed by atoms with van der Waals surface area (Å²) in [6.45, 7) is 0.818. The van der Waals surface area contributed by atoms with Gasteiger partial charge in [0.15, 0.2) is 0 Å². The number of rotatable bonds is 9. The van der Waals surface area contributed by atoms with Gasteiger partial charge >= 0.3 is 0 Å². The fourth-order valence-corrected chi connectivity index (χ4v) is 2.93. The van der Waals surface area contributed by atoms with Crippen molar-refractivity contribution in [2.75, 3.05) is 6.61 Å². The van der Waals surface area contributed by atoms with E-state index in [0.717, 1.165) is 16.9 Å². The summed E-state index contributed by atoms with van der Waals surface area (Å²) in [5.41, 5.74) is 8.00. The number of hydrogen-bond acceptors (Lipinski definition) is 5. The molecule has 0 fully saturated rings. The molecule has 1 heterocycles. The van der Waals surface area contributed by atoms with Crippen molar-refractivity contribution >= 4 is 5.91 Å². The van der Waals surface area contributed by atoms with Crippen LogP contribution in [-0.4, -0.2) is 33.3 Å². The number of ether oxygens (including phenoxy) is 1. The third-order valence-electron chi connectivity index (χ3n) is 4.44. The van der Waals surface area contributed by atoms with Gasteiger partial charge in [-0.15, -0.1) is 0 Å². The van der Waals surface area contributed by atoms with Crippen LogP contribution in [0.2, 0.25) is 0 Å². The molecule has 1 unspecified atom stereocenters. The molecule has 7 heteroatoms. The van der Waals surface area contributed by atoms with Crippen LogP contribution in [0.3, 0.4) is 0 Å². The maximum absolute atomic E-state index is 11.0. The molecule has 0 saturated heterocycles. The van der Waals surface area contributed by atoms with E-state index in [0.29, 0.717) is 31.6 Å². The van der Waals surface area contributed by atoms with Crippen LogP contribution in [0.5, 0.6) is 5.75 Å². The van der Waals surface area contributed by atoms with Crippen LogP contribution in [-0.2, 0) is 6.54 Å². The molecule has 29 heavy (non-hydrogen) atoms. The van der Waals surface area contributed by atoms with Gasteiger partial charge in [-0.05, 0) is 48.2 Å². The lowest BCUT2D eigenvalue weighted by Crippen LogP contribution is -2.16. The quantitative estimate of drug-likeness (QED) is 0.545.